The number of rotatable bonds is 9. The molecule has 0 saturated carbocycles. The van der Waals surface area contributed by atoms with E-state index in [4.69, 9.17) is 0 Å². The molecule has 0 bridgehead atoms. The molecule has 1 aromatic heterocycles. The Labute approximate surface area is 289 Å². The molecule has 1 N–H and O–H groups in total. The second-order valence-electron chi connectivity index (χ2n) is 12.4. The first kappa shape index (κ1) is 31.5. The minimum Gasteiger partial charge on any atom is -0.361 e. The van der Waals surface area contributed by atoms with E-state index in [1.165, 1.54) is 38.5 Å². The lowest BCUT2D eigenvalue weighted by atomic mass is 9.98. The number of aromatic nitrogens is 1. The molecule has 240 valence electrons. The van der Waals surface area contributed by atoms with Crippen molar-refractivity contribution in [3.63, 3.8) is 0 Å². The zero-order valence-electron chi connectivity index (χ0n) is 28.4. The van der Waals surface area contributed by atoms with Gasteiger partial charge in [0.25, 0.3) is 0 Å². The first-order chi connectivity index (χ1) is 24.0. The maximum absolute atomic E-state index is 3.96. The van der Waals surface area contributed by atoms with Crippen LogP contribution in [-0.4, -0.2) is 4.57 Å². The fourth-order valence-corrected chi connectivity index (χ4v) is 6.63. The molecule has 1 heterocycles. The van der Waals surface area contributed by atoms with Crippen LogP contribution in [0.2, 0.25) is 0 Å². The summed E-state index contributed by atoms with van der Waals surface area (Å²) in [5.74, 6) is 0. The zero-order chi connectivity index (χ0) is 33.7. The van der Waals surface area contributed by atoms with Crippen LogP contribution in [0.4, 0.5) is 17.1 Å². The van der Waals surface area contributed by atoms with E-state index >= 15 is 0 Å². The smallest absolute Gasteiger partial charge is 0.0541 e. The number of allylic oxidation sites excluding steroid dienone is 7. The van der Waals surface area contributed by atoms with Crippen molar-refractivity contribution in [1.82, 2.24) is 4.57 Å². The highest BCUT2D eigenvalue weighted by molar-refractivity contribution is 6.09. The quantitative estimate of drug-likeness (QED) is 0.171. The minimum atomic E-state index is 0.885. The van der Waals surface area contributed by atoms with Gasteiger partial charge >= 0.3 is 0 Å². The van der Waals surface area contributed by atoms with Crippen LogP contribution in [0.5, 0.6) is 0 Å². The maximum atomic E-state index is 3.96. The van der Waals surface area contributed by atoms with Gasteiger partial charge in [0.15, 0.2) is 0 Å². The standard InChI is InChI=1S/C46H41N3/c1-5-12-36-21-20-35(6-2)31-44(36)34(4)32-47-37-22-25-39(26-23-37)48(38-14-11-13-33(3)19-24-38)40-27-29-41(30-28-40)49-45-17-9-7-15-42(45)43-16-8-10-18-46(43)49/h5-10,12-32,47H,2,11H2,1,3-4H3/b12-5-,34-32-. The van der Waals surface area contributed by atoms with Crippen molar-refractivity contribution in [3.8, 4) is 5.69 Å². The highest BCUT2D eigenvalue weighted by Gasteiger charge is 2.16. The van der Waals surface area contributed by atoms with Crippen molar-refractivity contribution in [1.29, 1.82) is 0 Å². The number of benzene rings is 5. The molecule has 7 rings (SSSR count). The second kappa shape index (κ2) is 14.0. The Morgan fingerprint density at radius 1 is 0.776 bits per heavy atom. The molecular weight excluding hydrogens is 595 g/mol. The number of hydrogen-bond donors (Lipinski definition) is 1. The number of fused-ring (bicyclic) bond motifs is 3. The van der Waals surface area contributed by atoms with Gasteiger partial charge in [-0.25, -0.2) is 0 Å². The number of nitrogens with one attached hydrogen (secondary N) is 1. The molecule has 0 spiro atoms. The highest BCUT2D eigenvalue weighted by atomic mass is 15.1. The van der Waals surface area contributed by atoms with E-state index in [-0.39, 0.29) is 0 Å². The third-order valence-electron chi connectivity index (χ3n) is 9.15. The Bertz CT molecular complexity index is 2250. The highest BCUT2D eigenvalue weighted by Crippen LogP contribution is 2.36. The van der Waals surface area contributed by atoms with Crippen molar-refractivity contribution in [2.75, 3.05) is 10.2 Å². The molecule has 0 aliphatic heterocycles. The summed E-state index contributed by atoms with van der Waals surface area (Å²) >= 11 is 0. The summed E-state index contributed by atoms with van der Waals surface area (Å²) in [6.07, 6.45) is 18.1. The fourth-order valence-electron chi connectivity index (χ4n) is 6.63. The van der Waals surface area contributed by atoms with Crippen LogP contribution in [0.25, 0.3) is 45.2 Å². The molecule has 49 heavy (non-hydrogen) atoms. The molecular formula is C46H41N3. The monoisotopic (exact) mass is 635 g/mol. The van der Waals surface area contributed by atoms with Crippen LogP contribution < -0.4 is 10.2 Å². The van der Waals surface area contributed by atoms with Gasteiger partial charge in [0.2, 0.25) is 0 Å². The zero-order valence-corrected chi connectivity index (χ0v) is 28.4. The van der Waals surface area contributed by atoms with Crippen LogP contribution in [0.3, 0.4) is 0 Å². The third-order valence-corrected chi connectivity index (χ3v) is 9.15. The van der Waals surface area contributed by atoms with Gasteiger partial charge in [-0.3, -0.25) is 0 Å². The number of anilines is 3. The molecule has 3 heteroatoms. The van der Waals surface area contributed by atoms with Crippen molar-refractivity contribution in [3.05, 3.63) is 186 Å². The van der Waals surface area contributed by atoms with E-state index in [9.17, 15) is 0 Å². The number of nitrogens with zero attached hydrogens (tertiary/aromatic N) is 2. The minimum absolute atomic E-state index is 0.885. The Balaban J connectivity index is 1.21. The lowest BCUT2D eigenvalue weighted by Crippen LogP contribution is -2.15. The topological polar surface area (TPSA) is 20.2 Å². The van der Waals surface area contributed by atoms with E-state index in [2.05, 4.69) is 193 Å². The average Bonchev–Trinajstić information content (AvgIpc) is 3.33. The van der Waals surface area contributed by atoms with E-state index in [1.807, 2.05) is 13.0 Å². The van der Waals surface area contributed by atoms with Gasteiger partial charge in [-0.2, -0.15) is 0 Å². The van der Waals surface area contributed by atoms with Gasteiger partial charge < -0.3 is 14.8 Å². The molecule has 0 unspecified atom stereocenters. The van der Waals surface area contributed by atoms with Gasteiger partial charge in [-0.1, -0.05) is 97.1 Å². The Hall–Kier alpha value is -6.06. The lowest BCUT2D eigenvalue weighted by Gasteiger charge is -2.27. The van der Waals surface area contributed by atoms with E-state index in [0.717, 1.165) is 46.0 Å². The van der Waals surface area contributed by atoms with E-state index in [1.54, 1.807) is 0 Å². The number of hydrogen-bond acceptors (Lipinski definition) is 2. The summed E-state index contributed by atoms with van der Waals surface area (Å²) in [6.45, 7) is 10.3. The Morgan fingerprint density at radius 3 is 2.08 bits per heavy atom. The summed E-state index contributed by atoms with van der Waals surface area (Å²) in [4.78, 5) is 2.34. The van der Waals surface area contributed by atoms with Crippen LogP contribution in [0.1, 0.15) is 43.9 Å². The fraction of sp³-hybridized carbons (Fsp3) is 0.0870. The summed E-state index contributed by atoms with van der Waals surface area (Å²) in [5.41, 5.74) is 13.8. The van der Waals surface area contributed by atoms with Gasteiger partial charge in [0.1, 0.15) is 0 Å². The van der Waals surface area contributed by atoms with E-state index in [0.29, 0.717) is 0 Å². The largest absolute Gasteiger partial charge is 0.361 e. The molecule has 0 amide bonds. The van der Waals surface area contributed by atoms with Gasteiger partial charge in [-0.05, 0) is 122 Å². The predicted octanol–water partition coefficient (Wildman–Crippen LogP) is 12.9. The molecule has 0 saturated heterocycles. The van der Waals surface area contributed by atoms with Crippen LogP contribution >= 0.6 is 0 Å². The van der Waals surface area contributed by atoms with Crippen LogP contribution in [0, 0.1) is 0 Å². The summed E-state index contributed by atoms with van der Waals surface area (Å²) in [6, 6.07) is 41.4. The van der Waals surface area contributed by atoms with Gasteiger partial charge in [0, 0.05) is 45.4 Å². The molecule has 0 fully saturated rings. The van der Waals surface area contributed by atoms with Gasteiger partial charge in [0.05, 0.1) is 11.0 Å². The Morgan fingerprint density at radius 2 is 1.43 bits per heavy atom. The lowest BCUT2D eigenvalue weighted by molar-refractivity contribution is 1.16. The van der Waals surface area contributed by atoms with E-state index < -0.39 is 0 Å². The number of para-hydroxylation sites is 2. The van der Waals surface area contributed by atoms with Crippen LogP contribution in [0.15, 0.2) is 170 Å². The first-order valence-corrected chi connectivity index (χ1v) is 16.9. The second-order valence-corrected chi connectivity index (χ2v) is 12.4. The maximum Gasteiger partial charge on any atom is 0.0541 e. The molecule has 6 aromatic rings. The van der Waals surface area contributed by atoms with Crippen molar-refractivity contribution < 1.29 is 0 Å². The molecule has 0 radical (unpaired) electrons. The van der Waals surface area contributed by atoms with Gasteiger partial charge in [-0.15, -0.1) is 0 Å². The molecule has 1 aliphatic rings. The summed E-state index contributed by atoms with van der Waals surface area (Å²) in [7, 11) is 0. The average molecular weight is 636 g/mol. The van der Waals surface area contributed by atoms with Crippen molar-refractivity contribution in [2.24, 2.45) is 0 Å². The SMILES string of the molecule is C=Cc1ccc(/C=C\C)c(/C(C)=C\Nc2ccc(N(C3=CCC=C(C)C=C3)c3ccc(-n4c5ccccc5c5ccccc54)cc3)cc2)c1. The first-order valence-electron chi connectivity index (χ1n) is 16.9. The summed E-state index contributed by atoms with van der Waals surface area (Å²) < 4.78 is 2.36. The molecule has 5 aromatic carbocycles. The van der Waals surface area contributed by atoms with Crippen molar-refractivity contribution >= 4 is 56.6 Å². The van der Waals surface area contributed by atoms with Crippen LogP contribution in [-0.2, 0) is 0 Å². The van der Waals surface area contributed by atoms with Crippen molar-refractivity contribution in [2.45, 2.75) is 27.2 Å². The summed E-state index contributed by atoms with van der Waals surface area (Å²) in [5, 5.41) is 6.07. The normalized spacial score (nSPS) is 13.4. The Kier molecular flexibility index (Phi) is 8.99. The molecule has 1 aliphatic carbocycles. The predicted molar refractivity (Wildman–Crippen MR) is 213 cm³/mol. The third kappa shape index (κ3) is 6.44. The molecule has 0 atom stereocenters. The molecule has 3 nitrogen and oxygen atoms in total.